The zero-order valence-corrected chi connectivity index (χ0v) is 12.8. The number of halogens is 1. The van der Waals surface area contributed by atoms with Crippen molar-refractivity contribution in [3.8, 4) is 0 Å². The molecule has 6 nitrogen and oxygen atoms in total. The van der Waals surface area contributed by atoms with E-state index in [9.17, 15) is 0 Å². The molecule has 0 bridgehead atoms. The van der Waals surface area contributed by atoms with E-state index in [1.807, 2.05) is 43.4 Å². The smallest absolute Gasteiger partial charge is 0.159 e. The molecule has 0 aliphatic heterocycles. The summed E-state index contributed by atoms with van der Waals surface area (Å²) in [5.41, 5.74) is 3.93. The summed E-state index contributed by atoms with van der Waals surface area (Å²) in [4.78, 5) is 4.66. The largest absolute Gasteiger partial charge is 0.306 e. The predicted molar refractivity (Wildman–Crippen MR) is 77.8 cm³/mol. The number of rotatable bonds is 3. The number of hydrogen-bond donors (Lipinski definition) is 0. The SMILES string of the molecule is Cc1nn(C)c2c1nc(C(C)Cl)n2Cc1ccnn1C. The highest BCUT2D eigenvalue weighted by Gasteiger charge is 2.20. The van der Waals surface area contributed by atoms with Gasteiger partial charge < -0.3 is 4.57 Å². The van der Waals surface area contributed by atoms with Crippen LogP contribution < -0.4 is 0 Å². The molecule has 0 aliphatic rings. The van der Waals surface area contributed by atoms with Crippen molar-refractivity contribution in [3.05, 3.63) is 29.5 Å². The molecule has 3 rings (SSSR count). The highest BCUT2D eigenvalue weighted by molar-refractivity contribution is 6.20. The van der Waals surface area contributed by atoms with Gasteiger partial charge >= 0.3 is 0 Å². The molecule has 0 spiro atoms. The molecule has 0 N–H and O–H groups in total. The molecule has 0 fully saturated rings. The summed E-state index contributed by atoms with van der Waals surface area (Å²) in [6.45, 7) is 4.58. The lowest BCUT2D eigenvalue weighted by molar-refractivity contribution is 0.635. The van der Waals surface area contributed by atoms with E-state index < -0.39 is 0 Å². The lowest BCUT2D eigenvalue weighted by atomic mass is 10.4. The normalized spacial score (nSPS) is 13.2. The van der Waals surface area contributed by atoms with Gasteiger partial charge in [-0.15, -0.1) is 11.6 Å². The summed E-state index contributed by atoms with van der Waals surface area (Å²) in [7, 11) is 3.86. The van der Waals surface area contributed by atoms with E-state index in [0.717, 1.165) is 28.4 Å². The minimum atomic E-state index is -0.157. The fourth-order valence-electron chi connectivity index (χ4n) is 2.53. The summed E-state index contributed by atoms with van der Waals surface area (Å²) in [6.07, 6.45) is 1.79. The van der Waals surface area contributed by atoms with Crippen molar-refractivity contribution >= 4 is 22.8 Å². The Hall–Kier alpha value is -1.82. The van der Waals surface area contributed by atoms with Crippen LogP contribution in [0.15, 0.2) is 12.3 Å². The fraction of sp³-hybridized carbons (Fsp3) is 0.462. The van der Waals surface area contributed by atoms with Crippen LogP contribution in [0.5, 0.6) is 0 Å². The molecule has 3 aromatic heterocycles. The van der Waals surface area contributed by atoms with E-state index in [2.05, 4.69) is 19.7 Å². The molecule has 0 aliphatic carbocycles. The second-order valence-electron chi connectivity index (χ2n) is 5.00. The van der Waals surface area contributed by atoms with Gasteiger partial charge in [-0.2, -0.15) is 10.2 Å². The Balaban J connectivity index is 2.21. The standard InChI is InChI=1S/C13H17ClN6/c1-8(14)12-16-11-9(2)17-19(4)13(11)20(12)7-10-5-6-15-18(10)3/h5-6,8H,7H2,1-4H3. The second-order valence-corrected chi connectivity index (χ2v) is 5.65. The number of hydrogen-bond acceptors (Lipinski definition) is 3. The van der Waals surface area contributed by atoms with Crippen LogP contribution in [0, 0.1) is 6.92 Å². The predicted octanol–water partition coefficient (Wildman–Crippen LogP) is 2.16. The Morgan fingerprint density at radius 2 is 2.05 bits per heavy atom. The molecule has 7 heteroatoms. The maximum Gasteiger partial charge on any atom is 0.159 e. The summed E-state index contributed by atoms with van der Waals surface area (Å²) >= 11 is 6.29. The first-order valence-corrected chi connectivity index (χ1v) is 6.93. The highest BCUT2D eigenvalue weighted by Crippen LogP contribution is 2.26. The zero-order valence-electron chi connectivity index (χ0n) is 12.0. The van der Waals surface area contributed by atoms with Gasteiger partial charge in [0.25, 0.3) is 0 Å². The Morgan fingerprint density at radius 3 is 2.65 bits per heavy atom. The average Bonchev–Trinajstić information content (AvgIpc) is 3.01. The number of aryl methyl sites for hydroxylation is 3. The first-order valence-electron chi connectivity index (χ1n) is 6.49. The third kappa shape index (κ3) is 1.91. The van der Waals surface area contributed by atoms with Crippen molar-refractivity contribution in [1.29, 1.82) is 0 Å². The van der Waals surface area contributed by atoms with Crippen LogP contribution in [0.3, 0.4) is 0 Å². The van der Waals surface area contributed by atoms with Gasteiger partial charge in [0.15, 0.2) is 5.65 Å². The van der Waals surface area contributed by atoms with Crippen molar-refractivity contribution in [2.75, 3.05) is 0 Å². The molecule has 1 unspecified atom stereocenters. The topological polar surface area (TPSA) is 53.5 Å². The maximum atomic E-state index is 6.29. The van der Waals surface area contributed by atoms with Crippen molar-refractivity contribution in [1.82, 2.24) is 29.1 Å². The minimum Gasteiger partial charge on any atom is -0.306 e. The van der Waals surface area contributed by atoms with E-state index in [1.54, 1.807) is 6.20 Å². The zero-order chi connectivity index (χ0) is 14.4. The fourth-order valence-corrected chi connectivity index (χ4v) is 2.70. The molecule has 0 saturated heterocycles. The van der Waals surface area contributed by atoms with Gasteiger partial charge in [0.2, 0.25) is 0 Å². The van der Waals surface area contributed by atoms with E-state index >= 15 is 0 Å². The van der Waals surface area contributed by atoms with E-state index in [1.165, 1.54) is 0 Å². The number of nitrogens with zero attached hydrogens (tertiary/aromatic N) is 6. The van der Waals surface area contributed by atoms with Gasteiger partial charge in [0, 0.05) is 20.3 Å². The van der Waals surface area contributed by atoms with Crippen LogP contribution >= 0.6 is 11.6 Å². The maximum absolute atomic E-state index is 6.29. The summed E-state index contributed by atoms with van der Waals surface area (Å²) in [5.74, 6) is 0.860. The molecule has 0 aromatic carbocycles. The van der Waals surface area contributed by atoms with Crippen LogP contribution in [0.1, 0.15) is 29.5 Å². The van der Waals surface area contributed by atoms with Gasteiger partial charge in [-0.3, -0.25) is 9.36 Å². The van der Waals surface area contributed by atoms with Gasteiger partial charge in [-0.1, -0.05) is 0 Å². The van der Waals surface area contributed by atoms with E-state index in [0.29, 0.717) is 6.54 Å². The van der Waals surface area contributed by atoms with Gasteiger partial charge in [-0.05, 0) is 19.9 Å². The number of aromatic nitrogens is 6. The lowest BCUT2D eigenvalue weighted by Crippen LogP contribution is -2.11. The quantitative estimate of drug-likeness (QED) is 0.695. The summed E-state index contributed by atoms with van der Waals surface area (Å²) in [5, 5.41) is 8.48. The molecule has 0 saturated carbocycles. The molecular formula is C13H17ClN6. The Morgan fingerprint density at radius 1 is 1.30 bits per heavy atom. The van der Waals surface area contributed by atoms with Crippen molar-refractivity contribution in [2.24, 2.45) is 14.1 Å². The van der Waals surface area contributed by atoms with E-state index in [4.69, 9.17) is 11.6 Å². The van der Waals surface area contributed by atoms with Crippen LogP contribution in [-0.4, -0.2) is 29.1 Å². The third-order valence-corrected chi connectivity index (χ3v) is 3.71. The van der Waals surface area contributed by atoms with Crippen LogP contribution in [0.4, 0.5) is 0 Å². The van der Waals surface area contributed by atoms with E-state index in [-0.39, 0.29) is 5.38 Å². The lowest BCUT2D eigenvalue weighted by Gasteiger charge is -2.11. The first kappa shape index (κ1) is 13.2. The van der Waals surface area contributed by atoms with Gasteiger partial charge in [0.05, 0.1) is 23.3 Å². The average molecular weight is 293 g/mol. The minimum absolute atomic E-state index is 0.157. The van der Waals surface area contributed by atoms with Gasteiger partial charge in [-0.25, -0.2) is 4.98 Å². The summed E-state index contributed by atoms with van der Waals surface area (Å²) < 4.78 is 5.83. The molecule has 1 atom stereocenters. The Labute approximate surface area is 122 Å². The number of fused-ring (bicyclic) bond motifs is 1. The molecular weight excluding hydrogens is 276 g/mol. The molecule has 0 radical (unpaired) electrons. The van der Waals surface area contributed by atoms with Crippen molar-refractivity contribution < 1.29 is 0 Å². The highest BCUT2D eigenvalue weighted by atomic mass is 35.5. The number of alkyl halides is 1. The van der Waals surface area contributed by atoms with Crippen molar-refractivity contribution in [2.45, 2.75) is 25.8 Å². The molecule has 20 heavy (non-hydrogen) atoms. The number of imidazole rings is 1. The second kappa shape index (κ2) is 4.63. The van der Waals surface area contributed by atoms with Crippen LogP contribution in [0.25, 0.3) is 11.2 Å². The Kier molecular flexibility index (Phi) is 3.05. The molecule has 0 amide bonds. The first-order chi connectivity index (χ1) is 9.49. The Bertz CT molecular complexity index is 763. The van der Waals surface area contributed by atoms with Crippen LogP contribution in [-0.2, 0) is 20.6 Å². The monoisotopic (exact) mass is 292 g/mol. The molecule has 3 heterocycles. The van der Waals surface area contributed by atoms with Crippen LogP contribution in [0.2, 0.25) is 0 Å². The van der Waals surface area contributed by atoms with Crippen molar-refractivity contribution in [3.63, 3.8) is 0 Å². The molecule has 3 aromatic rings. The third-order valence-electron chi connectivity index (χ3n) is 3.52. The molecule has 106 valence electrons. The van der Waals surface area contributed by atoms with Gasteiger partial charge in [0.1, 0.15) is 11.3 Å². The summed E-state index contributed by atoms with van der Waals surface area (Å²) in [6, 6.07) is 2.00.